The first-order chi connectivity index (χ1) is 6.86. The SMILES string of the molecule is CC1(C(=O)O)C2C=CSC2C1(C)C(=O)O. The highest BCUT2D eigenvalue weighted by atomic mass is 32.2. The van der Waals surface area contributed by atoms with Crippen molar-refractivity contribution in [3.63, 3.8) is 0 Å². The lowest BCUT2D eigenvalue weighted by Crippen LogP contribution is -2.69. The Morgan fingerprint density at radius 3 is 2.20 bits per heavy atom. The standard InChI is InChI=1S/C10H12O4S/c1-9(7(11)12)5-3-4-15-6(5)10(9,2)8(13)14/h3-6H,1-2H3,(H,11,12)(H,13,14). The molecule has 1 fully saturated rings. The van der Waals surface area contributed by atoms with Gasteiger partial charge in [0.1, 0.15) is 0 Å². The average molecular weight is 228 g/mol. The van der Waals surface area contributed by atoms with Gasteiger partial charge in [0, 0.05) is 11.2 Å². The number of carboxylic acids is 2. The molecule has 82 valence electrons. The summed E-state index contributed by atoms with van der Waals surface area (Å²) in [5, 5.41) is 20.1. The van der Waals surface area contributed by atoms with E-state index in [9.17, 15) is 19.8 Å². The Hall–Kier alpha value is -0.970. The summed E-state index contributed by atoms with van der Waals surface area (Å²) in [7, 11) is 0. The molecular weight excluding hydrogens is 216 g/mol. The van der Waals surface area contributed by atoms with Crippen LogP contribution in [0.1, 0.15) is 13.8 Å². The molecule has 4 atom stereocenters. The van der Waals surface area contributed by atoms with Gasteiger partial charge in [0.05, 0.1) is 10.8 Å². The lowest BCUT2D eigenvalue weighted by atomic mass is 9.44. The zero-order chi connectivity index (χ0) is 11.4. The zero-order valence-corrected chi connectivity index (χ0v) is 9.25. The summed E-state index contributed by atoms with van der Waals surface area (Å²) in [6.07, 6.45) is 1.81. The maximum absolute atomic E-state index is 11.3. The lowest BCUT2D eigenvalue weighted by Gasteiger charge is -2.59. The molecule has 0 saturated heterocycles. The van der Waals surface area contributed by atoms with E-state index in [4.69, 9.17) is 0 Å². The first-order valence-electron chi connectivity index (χ1n) is 4.65. The van der Waals surface area contributed by atoms with Crippen LogP contribution < -0.4 is 0 Å². The van der Waals surface area contributed by atoms with Crippen molar-refractivity contribution >= 4 is 23.7 Å². The molecule has 0 aromatic carbocycles. The van der Waals surface area contributed by atoms with E-state index in [0.717, 1.165) is 0 Å². The summed E-state index contributed by atoms with van der Waals surface area (Å²) in [5.41, 5.74) is -2.37. The van der Waals surface area contributed by atoms with Crippen LogP contribution in [0.15, 0.2) is 11.5 Å². The number of hydrogen-bond donors (Lipinski definition) is 2. The van der Waals surface area contributed by atoms with E-state index >= 15 is 0 Å². The van der Waals surface area contributed by atoms with Crippen LogP contribution in [-0.4, -0.2) is 27.4 Å². The van der Waals surface area contributed by atoms with Gasteiger partial charge in [-0.05, 0) is 19.3 Å². The molecule has 1 heterocycles. The minimum absolute atomic E-state index is 0.143. The minimum atomic E-state index is -1.19. The van der Waals surface area contributed by atoms with Gasteiger partial charge < -0.3 is 10.2 Å². The molecular formula is C10H12O4S. The zero-order valence-electron chi connectivity index (χ0n) is 8.43. The van der Waals surface area contributed by atoms with Gasteiger partial charge in [-0.25, -0.2) is 0 Å². The second-order valence-corrected chi connectivity index (χ2v) is 5.48. The molecule has 0 aromatic rings. The molecule has 1 aliphatic heterocycles. The maximum atomic E-state index is 11.3. The highest BCUT2D eigenvalue weighted by Gasteiger charge is 2.75. The molecule has 2 aliphatic rings. The third kappa shape index (κ3) is 0.897. The van der Waals surface area contributed by atoms with Gasteiger partial charge in [0.2, 0.25) is 0 Å². The summed E-state index contributed by atoms with van der Waals surface area (Å²) in [5.74, 6) is -2.22. The molecule has 0 amide bonds. The number of carbonyl (C=O) groups is 2. The van der Waals surface area contributed by atoms with Gasteiger partial charge in [-0.3, -0.25) is 9.59 Å². The number of allylic oxidation sites excluding steroid dienone is 1. The van der Waals surface area contributed by atoms with Gasteiger partial charge in [-0.2, -0.15) is 0 Å². The fraction of sp³-hybridized carbons (Fsp3) is 0.600. The molecule has 0 spiro atoms. The quantitative estimate of drug-likeness (QED) is 0.747. The van der Waals surface area contributed by atoms with Crippen LogP contribution in [0.4, 0.5) is 0 Å². The maximum Gasteiger partial charge on any atom is 0.311 e. The van der Waals surface area contributed by atoms with Crippen LogP contribution in [0.2, 0.25) is 0 Å². The van der Waals surface area contributed by atoms with Crippen LogP contribution in [0.25, 0.3) is 0 Å². The normalized spacial score (nSPS) is 47.1. The van der Waals surface area contributed by atoms with E-state index in [-0.39, 0.29) is 11.2 Å². The van der Waals surface area contributed by atoms with Crippen molar-refractivity contribution in [2.24, 2.45) is 16.7 Å². The molecule has 1 aliphatic carbocycles. The molecule has 1 saturated carbocycles. The minimum Gasteiger partial charge on any atom is -0.481 e. The first-order valence-corrected chi connectivity index (χ1v) is 5.60. The number of carboxylic acid groups (broad SMARTS) is 2. The Labute approximate surface area is 91.4 Å². The van der Waals surface area contributed by atoms with E-state index in [1.54, 1.807) is 0 Å². The van der Waals surface area contributed by atoms with Crippen molar-refractivity contribution < 1.29 is 19.8 Å². The number of fused-ring (bicyclic) bond motifs is 1. The molecule has 0 radical (unpaired) electrons. The van der Waals surface area contributed by atoms with Gasteiger partial charge >= 0.3 is 11.9 Å². The van der Waals surface area contributed by atoms with Crippen molar-refractivity contribution in [3.05, 3.63) is 11.5 Å². The Morgan fingerprint density at radius 2 is 1.73 bits per heavy atom. The predicted octanol–water partition coefficient (Wildman–Crippen LogP) is 1.43. The van der Waals surface area contributed by atoms with Crippen molar-refractivity contribution in [3.8, 4) is 0 Å². The largest absolute Gasteiger partial charge is 0.481 e. The van der Waals surface area contributed by atoms with Crippen LogP contribution in [0.5, 0.6) is 0 Å². The second-order valence-electron chi connectivity index (χ2n) is 4.43. The Morgan fingerprint density at radius 1 is 1.20 bits per heavy atom. The van der Waals surface area contributed by atoms with Gasteiger partial charge in [-0.1, -0.05) is 6.08 Å². The monoisotopic (exact) mass is 228 g/mol. The number of aliphatic carboxylic acids is 2. The summed E-state index contributed by atoms with van der Waals surface area (Å²) in [6, 6.07) is 0. The molecule has 0 bridgehead atoms. The van der Waals surface area contributed by atoms with Crippen molar-refractivity contribution in [2.75, 3.05) is 0 Å². The lowest BCUT2D eigenvalue weighted by molar-refractivity contribution is -0.193. The van der Waals surface area contributed by atoms with E-state index in [1.165, 1.54) is 25.6 Å². The third-order valence-electron chi connectivity index (χ3n) is 4.04. The van der Waals surface area contributed by atoms with Gasteiger partial charge in [0.15, 0.2) is 0 Å². The van der Waals surface area contributed by atoms with Gasteiger partial charge in [-0.15, -0.1) is 11.8 Å². The summed E-state index contributed by atoms with van der Waals surface area (Å²) in [4.78, 5) is 22.5. The van der Waals surface area contributed by atoms with E-state index in [0.29, 0.717) is 0 Å². The van der Waals surface area contributed by atoms with Crippen molar-refractivity contribution in [1.82, 2.24) is 0 Å². The summed E-state index contributed by atoms with van der Waals surface area (Å²) < 4.78 is 0. The van der Waals surface area contributed by atoms with Crippen molar-refractivity contribution in [1.29, 1.82) is 0 Å². The molecule has 4 nitrogen and oxygen atoms in total. The Bertz CT molecular complexity index is 378. The molecule has 4 unspecified atom stereocenters. The molecule has 2 rings (SSSR count). The number of hydrogen-bond acceptors (Lipinski definition) is 3. The fourth-order valence-corrected chi connectivity index (χ4v) is 4.22. The summed E-state index contributed by atoms with van der Waals surface area (Å²) >= 11 is 1.42. The average Bonchev–Trinajstić information content (AvgIpc) is 2.61. The van der Waals surface area contributed by atoms with E-state index in [1.807, 2.05) is 11.5 Å². The Kier molecular flexibility index (Phi) is 1.96. The molecule has 2 N–H and O–H groups in total. The van der Waals surface area contributed by atoms with Crippen LogP contribution >= 0.6 is 11.8 Å². The van der Waals surface area contributed by atoms with Crippen LogP contribution in [0.3, 0.4) is 0 Å². The van der Waals surface area contributed by atoms with Crippen LogP contribution in [0, 0.1) is 16.7 Å². The third-order valence-corrected chi connectivity index (χ3v) is 5.41. The summed E-state index contributed by atoms with van der Waals surface area (Å²) in [6.45, 7) is 3.06. The first kappa shape index (κ1) is 10.5. The second kappa shape index (κ2) is 2.78. The molecule has 5 heteroatoms. The number of thioether (sulfide) groups is 1. The molecule has 15 heavy (non-hydrogen) atoms. The predicted molar refractivity (Wildman–Crippen MR) is 55.5 cm³/mol. The van der Waals surface area contributed by atoms with Crippen LogP contribution in [-0.2, 0) is 9.59 Å². The smallest absolute Gasteiger partial charge is 0.311 e. The van der Waals surface area contributed by atoms with Gasteiger partial charge in [0.25, 0.3) is 0 Å². The topological polar surface area (TPSA) is 74.6 Å². The molecule has 0 aromatic heterocycles. The fourth-order valence-electron chi connectivity index (χ4n) is 2.64. The highest BCUT2D eigenvalue weighted by molar-refractivity contribution is 8.03. The highest BCUT2D eigenvalue weighted by Crippen LogP contribution is 2.68. The number of rotatable bonds is 2. The Balaban J connectivity index is 2.48. The van der Waals surface area contributed by atoms with E-state index < -0.39 is 22.8 Å². The van der Waals surface area contributed by atoms with E-state index in [2.05, 4.69) is 0 Å². The van der Waals surface area contributed by atoms with Crippen molar-refractivity contribution in [2.45, 2.75) is 19.1 Å².